The van der Waals surface area contributed by atoms with Crippen molar-refractivity contribution in [1.82, 2.24) is 30.8 Å². The second-order valence-electron chi connectivity index (χ2n) is 15.8. The lowest BCUT2D eigenvalue weighted by atomic mass is 9.88. The quantitative estimate of drug-likeness (QED) is 0.0255. The van der Waals surface area contributed by atoms with Gasteiger partial charge in [-0.1, -0.05) is 49.5 Å². The first-order valence-electron chi connectivity index (χ1n) is 22.7. The number of aliphatic imine (C=N–C) groups is 1. The lowest BCUT2D eigenvalue weighted by molar-refractivity contribution is -0.117. The smallest absolute Gasteiger partial charge is 0.227 e. The Morgan fingerprint density at radius 3 is 2.32 bits per heavy atom. The molecule has 1 aromatic heterocycles. The summed E-state index contributed by atoms with van der Waals surface area (Å²) < 4.78 is 40.2. The van der Waals surface area contributed by atoms with Crippen LogP contribution in [-0.4, -0.2) is 118 Å². The zero-order valence-corrected chi connectivity index (χ0v) is 40.3. The van der Waals surface area contributed by atoms with E-state index >= 15 is 0 Å². The van der Waals surface area contributed by atoms with Crippen LogP contribution >= 0.6 is 11.6 Å². The molecule has 0 saturated carbocycles. The topological polar surface area (TPSA) is 176 Å². The molecular weight excluding hydrogens is 906 g/mol. The number of nitrogens with zero attached hydrogens (tertiary/aromatic N) is 4. The zero-order chi connectivity index (χ0) is 49.8. The minimum Gasteiger partial charge on any atom is -0.378 e. The first kappa shape index (κ1) is 55.3. The molecule has 0 saturated heterocycles. The molecule has 0 bridgehead atoms. The Morgan fingerprint density at radius 2 is 1.67 bits per heavy atom. The van der Waals surface area contributed by atoms with E-state index in [1.165, 1.54) is 18.2 Å². The molecule has 4 N–H and O–H groups in total. The number of aldehydes is 2. The van der Waals surface area contributed by atoms with Gasteiger partial charge in [0.15, 0.2) is 0 Å². The van der Waals surface area contributed by atoms with Crippen molar-refractivity contribution in [2.75, 3.05) is 65.5 Å². The molecule has 0 radical (unpaired) electrons. The number of hydrogen-bond donors (Lipinski definition) is 4. The fourth-order valence-electron chi connectivity index (χ4n) is 7.03. The molecule has 69 heavy (non-hydrogen) atoms. The van der Waals surface area contributed by atoms with Gasteiger partial charge in [-0.25, -0.2) is 18.7 Å². The fraction of sp³-hybridized carbons (Fsp3) is 0.365. The molecule has 4 aromatic rings. The largest absolute Gasteiger partial charge is 0.378 e. The van der Waals surface area contributed by atoms with Crippen molar-refractivity contribution in [1.29, 1.82) is 0 Å². The number of nitrogens with one attached hydrogen (secondary N) is 4. The second-order valence-corrected chi connectivity index (χ2v) is 16.3. The van der Waals surface area contributed by atoms with E-state index < -0.39 is 11.6 Å². The zero-order valence-electron chi connectivity index (χ0n) is 39.5. The van der Waals surface area contributed by atoms with E-state index in [1.807, 2.05) is 37.4 Å². The van der Waals surface area contributed by atoms with E-state index in [9.17, 15) is 18.4 Å². The van der Waals surface area contributed by atoms with Crippen molar-refractivity contribution in [3.05, 3.63) is 135 Å². The molecule has 2 aliphatic rings. The lowest BCUT2D eigenvalue weighted by Crippen LogP contribution is -2.28. The van der Waals surface area contributed by atoms with Crippen LogP contribution < -0.4 is 21.3 Å². The van der Waals surface area contributed by atoms with Gasteiger partial charge in [0.05, 0.1) is 55.3 Å². The third-order valence-corrected chi connectivity index (χ3v) is 11.0. The molecule has 1 aliphatic carbocycles. The van der Waals surface area contributed by atoms with Crippen molar-refractivity contribution < 1.29 is 37.4 Å². The molecule has 2 unspecified atom stereocenters. The van der Waals surface area contributed by atoms with Gasteiger partial charge in [0.1, 0.15) is 24.2 Å². The first-order chi connectivity index (χ1) is 33.6. The van der Waals surface area contributed by atoms with Crippen LogP contribution in [0, 0.1) is 23.5 Å². The minimum atomic E-state index is -0.681. The Bertz CT molecular complexity index is 2430. The van der Waals surface area contributed by atoms with Crippen molar-refractivity contribution >= 4 is 59.9 Å². The average Bonchev–Trinajstić information content (AvgIpc) is 3.50. The number of allylic oxidation sites excluding steroid dienone is 4. The lowest BCUT2D eigenvalue weighted by Gasteiger charge is -2.25. The standard InChI is InChI=1S/C25H17ClF2N4O.C25H41N3O3.C2H3NO2/c26-16-6-9-18-19(10-16)24(22-20(27)2-1-3-21(22)28)29-11-15-12-30-25(32-23(15)18)31-17-7-4-14(13-33)5-8-17;1-5-8-22(2)28(4)20-25-19-23(10-11-24(25)21-29)9-6-7-12-27-14-16-31-18-17-30-15-13-26-3;4-1-3-2-5/h1-9,12-13,16H,10-11H2,(H,30,31,32);10-11,19,21-22,26-27H,5,7-8,12-18,20H2,1-4H3;1-2H,(H,3,4,5). The minimum absolute atomic E-state index is 0.167. The van der Waals surface area contributed by atoms with E-state index in [2.05, 4.69) is 68.5 Å². The van der Waals surface area contributed by atoms with E-state index in [4.69, 9.17) is 30.7 Å². The third kappa shape index (κ3) is 18.3. The van der Waals surface area contributed by atoms with E-state index in [0.29, 0.717) is 85.7 Å². The van der Waals surface area contributed by atoms with Gasteiger partial charge in [-0.2, -0.15) is 0 Å². The maximum absolute atomic E-state index is 14.7. The molecule has 17 heteroatoms. The number of anilines is 2. The summed E-state index contributed by atoms with van der Waals surface area (Å²) in [6.07, 6.45) is 11.1. The predicted octanol–water partition coefficient (Wildman–Crippen LogP) is 7.23. The van der Waals surface area contributed by atoms with E-state index in [0.717, 1.165) is 80.3 Å². The normalized spacial score (nSPS) is 13.9. The van der Waals surface area contributed by atoms with Crippen molar-refractivity contribution in [3.63, 3.8) is 0 Å². The highest BCUT2D eigenvalue weighted by Gasteiger charge is 2.29. The van der Waals surface area contributed by atoms with Crippen LogP contribution in [0.4, 0.5) is 20.4 Å². The highest BCUT2D eigenvalue weighted by atomic mass is 35.5. The van der Waals surface area contributed by atoms with Crippen LogP contribution in [0.15, 0.2) is 89.6 Å². The van der Waals surface area contributed by atoms with Gasteiger partial charge in [-0.05, 0) is 93.5 Å². The number of carbonyl (C=O) groups excluding carboxylic acids is 4. The number of fused-ring (bicyclic) bond motifs is 2. The summed E-state index contributed by atoms with van der Waals surface area (Å²) in [7, 11) is 4.02. The van der Waals surface area contributed by atoms with Crippen molar-refractivity contribution in [3.8, 4) is 11.8 Å². The van der Waals surface area contributed by atoms with Crippen LogP contribution in [0.3, 0.4) is 0 Å². The first-order valence-corrected chi connectivity index (χ1v) is 23.1. The average molecular weight is 968 g/mol. The summed E-state index contributed by atoms with van der Waals surface area (Å²) in [6, 6.07) is 17.0. The van der Waals surface area contributed by atoms with Crippen LogP contribution in [0.1, 0.15) is 88.2 Å². The van der Waals surface area contributed by atoms with E-state index in [1.54, 1.807) is 35.8 Å². The van der Waals surface area contributed by atoms with Crippen molar-refractivity contribution in [2.45, 2.75) is 64.0 Å². The number of imide groups is 1. The Balaban J connectivity index is 0.000000274. The summed E-state index contributed by atoms with van der Waals surface area (Å²) in [5.41, 5.74) is 6.80. The number of amides is 2. The Labute approximate surface area is 408 Å². The highest BCUT2D eigenvalue weighted by Crippen LogP contribution is 2.37. The molecular formula is C52H61ClF2N8O6. The third-order valence-electron chi connectivity index (χ3n) is 10.7. The second kappa shape index (κ2) is 30.9. The molecule has 6 rings (SSSR count). The predicted molar refractivity (Wildman–Crippen MR) is 267 cm³/mol. The van der Waals surface area contributed by atoms with Crippen LogP contribution in [0.2, 0.25) is 0 Å². The Hall–Kier alpha value is -6.32. The summed E-state index contributed by atoms with van der Waals surface area (Å²) in [5.74, 6) is 5.42. The fourth-order valence-corrected chi connectivity index (χ4v) is 7.26. The van der Waals surface area contributed by atoms with Gasteiger partial charge in [0.2, 0.25) is 18.8 Å². The number of aromatic nitrogens is 2. The number of carbonyl (C=O) groups is 4. The number of halogens is 3. The van der Waals surface area contributed by atoms with Crippen LogP contribution in [0.25, 0.3) is 5.57 Å². The molecule has 2 atom stereocenters. The van der Waals surface area contributed by atoms with Crippen molar-refractivity contribution in [2.24, 2.45) is 4.99 Å². The summed E-state index contributed by atoms with van der Waals surface area (Å²) in [4.78, 5) is 56.3. The molecule has 0 spiro atoms. The number of alkyl halides is 1. The summed E-state index contributed by atoms with van der Waals surface area (Å²) >= 11 is 6.38. The molecule has 366 valence electrons. The number of likely N-dealkylation sites (N-methyl/N-ethyl adjacent to an activating group) is 1. The molecule has 2 amide bonds. The number of ether oxygens (including phenoxy) is 2. The van der Waals surface area contributed by atoms with Gasteiger partial charge in [-0.15, -0.1) is 11.6 Å². The summed E-state index contributed by atoms with van der Waals surface area (Å²) in [5, 5.41) is 10.9. The molecule has 3 aromatic carbocycles. The molecule has 2 heterocycles. The maximum atomic E-state index is 14.7. The van der Waals surface area contributed by atoms with Gasteiger partial charge >= 0.3 is 0 Å². The Kier molecular flexibility index (Phi) is 24.8. The number of rotatable bonds is 23. The van der Waals surface area contributed by atoms with Gasteiger partial charge in [0, 0.05) is 78.4 Å². The van der Waals surface area contributed by atoms with Crippen LogP contribution in [0.5, 0.6) is 0 Å². The summed E-state index contributed by atoms with van der Waals surface area (Å²) in [6.45, 7) is 10.5. The van der Waals surface area contributed by atoms with Gasteiger partial charge in [0.25, 0.3) is 0 Å². The maximum Gasteiger partial charge on any atom is 0.227 e. The van der Waals surface area contributed by atoms with E-state index in [-0.39, 0.29) is 23.2 Å². The molecule has 0 fully saturated rings. The number of hydrogen-bond acceptors (Lipinski definition) is 13. The number of benzene rings is 3. The monoisotopic (exact) mass is 966 g/mol. The van der Waals surface area contributed by atoms with Crippen LogP contribution in [-0.2, 0) is 32.2 Å². The van der Waals surface area contributed by atoms with Gasteiger partial charge in [-0.3, -0.25) is 29.1 Å². The Morgan fingerprint density at radius 1 is 0.942 bits per heavy atom. The SMILES string of the molecule is CCCC(C)N(C)Cc1cc(C#CCCNCCOCCOCCNC)ccc1C=O.O=CNC=O.O=Cc1ccc(Nc2ncc3c(n2)C2=C(CC(Cl)C=C2)C(c2c(F)cccc2F)=NC3)cc1. The van der Waals surface area contributed by atoms with Gasteiger partial charge < -0.3 is 30.7 Å². The molecule has 1 aliphatic heterocycles. The highest BCUT2D eigenvalue weighted by molar-refractivity contribution is 6.25. The molecule has 14 nitrogen and oxygen atoms in total.